The van der Waals surface area contributed by atoms with Crippen LogP contribution < -0.4 is 0 Å². The van der Waals surface area contributed by atoms with E-state index in [-0.39, 0.29) is 11.8 Å². The summed E-state index contributed by atoms with van der Waals surface area (Å²) in [6.07, 6.45) is 3.78. The molecule has 4 nitrogen and oxygen atoms in total. The van der Waals surface area contributed by atoms with Gasteiger partial charge in [0.15, 0.2) is 0 Å². The Morgan fingerprint density at radius 1 is 1.00 bits per heavy atom. The summed E-state index contributed by atoms with van der Waals surface area (Å²) in [7, 11) is 1.80. The lowest BCUT2D eigenvalue weighted by Crippen LogP contribution is -2.26. The van der Waals surface area contributed by atoms with Gasteiger partial charge in [-0.2, -0.15) is 0 Å². The summed E-state index contributed by atoms with van der Waals surface area (Å²) in [6.45, 7) is 2.83. The van der Waals surface area contributed by atoms with Crippen molar-refractivity contribution in [3.05, 3.63) is 70.5 Å². The lowest BCUT2D eigenvalue weighted by molar-refractivity contribution is 0.0798. The number of benzene rings is 1. The number of aromatic nitrogens is 1. The molecule has 0 radical (unpaired) electrons. The second-order valence-electron chi connectivity index (χ2n) is 6.18. The minimum absolute atomic E-state index is 0.0294. The van der Waals surface area contributed by atoms with Crippen LogP contribution in [-0.2, 0) is 0 Å². The molecule has 0 aliphatic carbocycles. The van der Waals surface area contributed by atoms with Crippen LogP contribution in [0.5, 0.6) is 0 Å². The molecule has 0 unspecified atom stereocenters. The lowest BCUT2D eigenvalue weighted by Gasteiger charge is -2.15. The van der Waals surface area contributed by atoms with E-state index in [0.29, 0.717) is 9.75 Å². The summed E-state index contributed by atoms with van der Waals surface area (Å²) in [5.74, 6) is -0.146. The van der Waals surface area contributed by atoms with Crippen LogP contribution in [-0.4, -0.2) is 34.9 Å². The first kappa shape index (κ1) is 18.1. The van der Waals surface area contributed by atoms with Crippen LogP contribution in [0.1, 0.15) is 39.1 Å². The van der Waals surface area contributed by atoms with E-state index in [2.05, 4.69) is 6.92 Å². The minimum atomic E-state index is -0.117. The zero-order chi connectivity index (χ0) is 18.5. The maximum Gasteiger partial charge on any atom is 0.272 e. The monoisotopic (exact) mass is 366 g/mol. The van der Waals surface area contributed by atoms with Gasteiger partial charge in [0.1, 0.15) is 0 Å². The molecular formula is C21H22N2O2S. The van der Waals surface area contributed by atoms with Crippen LogP contribution in [0.2, 0.25) is 0 Å². The molecule has 3 rings (SSSR count). The third-order valence-electron chi connectivity index (χ3n) is 4.26. The number of unbranched alkanes of at least 4 members (excludes halogenated alkanes) is 1. The van der Waals surface area contributed by atoms with E-state index in [1.807, 2.05) is 42.5 Å². The van der Waals surface area contributed by atoms with E-state index in [1.54, 1.807) is 34.8 Å². The second kappa shape index (κ2) is 8.15. The third-order valence-corrected chi connectivity index (χ3v) is 5.32. The van der Waals surface area contributed by atoms with Crippen molar-refractivity contribution >= 4 is 23.2 Å². The quantitative estimate of drug-likeness (QED) is 0.630. The topological polar surface area (TPSA) is 42.3 Å². The van der Waals surface area contributed by atoms with Gasteiger partial charge in [-0.25, -0.2) is 0 Å². The van der Waals surface area contributed by atoms with Gasteiger partial charge in [-0.15, -0.1) is 11.3 Å². The zero-order valence-corrected chi connectivity index (χ0v) is 15.8. The Kier molecular flexibility index (Phi) is 5.68. The molecule has 0 aliphatic heterocycles. The fraction of sp³-hybridized carbons (Fsp3) is 0.238. The first-order valence-electron chi connectivity index (χ1n) is 8.74. The molecule has 0 atom stereocenters. The average molecular weight is 366 g/mol. The number of carbonyl (C=O) groups excluding carboxylic acids is 2. The molecule has 1 aromatic carbocycles. The van der Waals surface area contributed by atoms with Crippen molar-refractivity contribution in [2.45, 2.75) is 19.8 Å². The molecule has 0 fully saturated rings. The van der Waals surface area contributed by atoms with Crippen LogP contribution in [0.3, 0.4) is 0 Å². The molecule has 5 heteroatoms. The Labute approximate surface area is 157 Å². The van der Waals surface area contributed by atoms with Crippen LogP contribution >= 0.6 is 11.3 Å². The van der Waals surface area contributed by atoms with Gasteiger partial charge in [0.25, 0.3) is 11.8 Å². The van der Waals surface area contributed by atoms with Crippen molar-refractivity contribution < 1.29 is 9.59 Å². The van der Waals surface area contributed by atoms with E-state index < -0.39 is 0 Å². The Morgan fingerprint density at radius 2 is 1.73 bits per heavy atom. The van der Waals surface area contributed by atoms with Gasteiger partial charge in [-0.3, -0.25) is 14.2 Å². The number of hydrogen-bond acceptors (Lipinski definition) is 3. The molecule has 26 heavy (non-hydrogen) atoms. The number of nitrogens with zero attached hydrogens (tertiary/aromatic N) is 2. The third kappa shape index (κ3) is 3.78. The first-order valence-corrected chi connectivity index (χ1v) is 9.56. The number of rotatable bonds is 6. The molecular weight excluding hydrogens is 344 g/mol. The Morgan fingerprint density at radius 3 is 2.46 bits per heavy atom. The lowest BCUT2D eigenvalue weighted by atomic mass is 10.1. The predicted octanol–water partition coefficient (Wildman–Crippen LogP) is 4.78. The molecule has 0 spiro atoms. The predicted molar refractivity (Wildman–Crippen MR) is 106 cm³/mol. The largest absolute Gasteiger partial charge is 0.341 e. The average Bonchev–Trinajstić information content (AvgIpc) is 3.35. The maximum atomic E-state index is 12.9. The summed E-state index contributed by atoms with van der Waals surface area (Å²) in [5, 5.41) is 0. The molecule has 0 N–H and O–H groups in total. The number of hydrogen-bond donors (Lipinski definition) is 0. The van der Waals surface area contributed by atoms with E-state index in [4.69, 9.17) is 0 Å². The van der Waals surface area contributed by atoms with E-state index in [9.17, 15) is 9.59 Å². The van der Waals surface area contributed by atoms with Gasteiger partial charge in [-0.05, 0) is 36.2 Å². The minimum Gasteiger partial charge on any atom is -0.341 e. The van der Waals surface area contributed by atoms with Gasteiger partial charge in [0, 0.05) is 19.8 Å². The Hall–Kier alpha value is -2.66. The molecule has 1 amide bonds. The first-order chi connectivity index (χ1) is 12.6. The van der Waals surface area contributed by atoms with E-state index in [0.717, 1.165) is 30.6 Å². The normalized spacial score (nSPS) is 10.7. The van der Waals surface area contributed by atoms with Gasteiger partial charge >= 0.3 is 0 Å². The molecule has 134 valence electrons. The number of thiophene rings is 1. The van der Waals surface area contributed by atoms with Crippen LogP contribution in [0, 0.1) is 0 Å². The molecule has 0 aliphatic rings. The second-order valence-corrected chi connectivity index (χ2v) is 7.26. The molecule has 0 bridgehead atoms. The fourth-order valence-electron chi connectivity index (χ4n) is 2.77. The highest BCUT2D eigenvalue weighted by Gasteiger charge is 2.19. The van der Waals surface area contributed by atoms with Crippen molar-refractivity contribution in [2.24, 2.45) is 0 Å². The summed E-state index contributed by atoms with van der Waals surface area (Å²) in [6, 6.07) is 17.1. The molecule has 3 aromatic rings. The van der Waals surface area contributed by atoms with Crippen molar-refractivity contribution in [1.29, 1.82) is 0 Å². The van der Waals surface area contributed by atoms with Crippen molar-refractivity contribution in [1.82, 2.24) is 9.47 Å². The number of carbonyl (C=O) groups is 2. The molecule has 0 saturated heterocycles. The van der Waals surface area contributed by atoms with Gasteiger partial charge in [-0.1, -0.05) is 43.7 Å². The highest BCUT2D eigenvalue weighted by molar-refractivity contribution is 7.16. The Balaban J connectivity index is 1.82. The summed E-state index contributed by atoms with van der Waals surface area (Å²) in [5.41, 5.74) is 1.83. The van der Waals surface area contributed by atoms with Crippen molar-refractivity contribution in [2.75, 3.05) is 13.6 Å². The number of amides is 1. The Bertz CT molecular complexity index is 896. The SMILES string of the molecule is CCCCN(C)C(=O)c1ccc(C(=O)n2cccc2-c2ccccc2)s1. The maximum absolute atomic E-state index is 12.9. The fourth-order valence-corrected chi connectivity index (χ4v) is 3.71. The van der Waals surface area contributed by atoms with Crippen LogP contribution in [0.25, 0.3) is 11.3 Å². The molecule has 0 saturated carbocycles. The molecule has 2 aromatic heterocycles. The van der Waals surface area contributed by atoms with Gasteiger partial charge < -0.3 is 4.90 Å². The van der Waals surface area contributed by atoms with E-state index in [1.165, 1.54) is 11.3 Å². The zero-order valence-electron chi connectivity index (χ0n) is 15.0. The highest BCUT2D eigenvalue weighted by Crippen LogP contribution is 2.24. The summed E-state index contributed by atoms with van der Waals surface area (Å²) >= 11 is 1.25. The summed E-state index contributed by atoms with van der Waals surface area (Å²) < 4.78 is 1.64. The van der Waals surface area contributed by atoms with Gasteiger partial charge in [0.05, 0.1) is 15.4 Å². The van der Waals surface area contributed by atoms with Gasteiger partial charge in [0.2, 0.25) is 0 Å². The molecule has 2 heterocycles. The summed E-state index contributed by atoms with van der Waals surface area (Å²) in [4.78, 5) is 28.3. The standard InChI is InChI=1S/C21H22N2O2S/c1-3-4-14-22(2)20(24)18-12-13-19(26-18)21(25)23-15-8-11-17(23)16-9-6-5-7-10-16/h5-13,15H,3-4,14H2,1-2H3. The van der Waals surface area contributed by atoms with Crippen LogP contribution in [0.15, 0.2) is 60.8 Å². The van der Waals surface area contributed by atoms with Crippen LogP contribution in [0.4, 0.5) is 0 Å². The smallest absolute Gasteiger partial charge is 0.272 e. The highest BCUT2D eigenvalue weighted by atomic mass is 32.1. The van der Waals surface area contributed by atoms with Crippen molar-refractivity contribution in [3.63, 3.8) is 0 Å². The van der Waals surface area contributed by atoms with E-state index >= 15 is 0 Å². The van der Waals surface area contributed by atoms with Crippen molar-refractivity contribution in [3.8, 4) is 11.3 Å².